The van der Waals surface area contributed by atoms with Gasteiger partial charge in [0.2, 0.25) is 0 Å². The number of nitrogens with one attached hydrogen (secondary N) is 2. The van der Waals surface area contributed by atoms with Crippen LogP contribution in [0.5, 0.6) is 0 Å². The van der Waals surface area contributed by atoms with Crippen molar-refractivity contribution in [2.75, 3.05) is 24.5 Å². The number of piperazine rings is 1. The lowest BCUT2D eigenvalue weighted by Gasteiger charge is -2.36. The van der Waals surface area contributed by atoms with Gasteiger partial charge < -0.3 is 15.2 Å². The van der Waals surface area contributed by atoms with Crippen molar-refractivity contribution in [2.24, 2.45) is 0 Å². The second-order valence-electron chi connectivity index (χ2n) is 8.36. The standard InChI is InChI=1S/C22H20F3N7/c23-22(24,25)17-11-32(8-7-27-17)21-18-15(12-1-2-12)9-26-10-16(18)30-20(31-21)14-4-6-29-19-13(14)3-5-28-19/h3-6,9-10,12,17,27H,1-2,7-8,11H2,(H,28,29)/t17-/m0/s1. The monoisotopic (exact) mass is 439 g/mol. The van der Waals surface area contributed by atoms with Crippen molar-refractivity contribution >= 4 is 27.8 Å². The lowest BCUT2D eigenvalue weighted by molar-refractivity contribution is -0.155. The number of hydrogen-bond donors (Lipinski definition) is 2. The molecule has 2 aliphatic rings. The highest BCUT2D eigenvalue weighted by Gasteiger charge is 2.42. The molecule has 1 saturated carbocycles. The van der Waals surface area contributed by atoms with E-state index in [9.17, 15) is 13.2 Å². The molecule has 0 aromatic carbocycles. The van der Waals surface area contributed by atoms with Gasteiger partial charge in [-0.2, -0.15) is 13.2 Å². The van der Waals surface area contributed by atoms with Gasteiger partial charge in [0.25, 0.3) is 0 Å². The summed E-state index contributed by atoms with van der Waals surface area (Å²) in [6.45, 7) is 0.462. The molecule has 5 heterocycles. The Hall–Kier alpha value is -3.27. The Bertz CT molecular complexity index is 1310. The van der Waals surface area contributed by atoms with Gasteiger partial charge in [0, 0.05) is 54.6 Å². The van der Waals surface area contributed by atoms with Crippen LogP contribution in [0.4, 0.5) is 19.0 Å². The highest BCUT2D eigenvalue weighted by atomic mass is 19.4. The van der Waals surface area contributed by atoms with E-state index in [2.05, 4.69) is 20.3 Å². The number of H-pyrrole nitrogens is 1. The van der Waals surface area contributed by atoms with Gasteiger partial charge in [0.1, 0.15) is 17.5 Å². The van der Waals surface area contributed by atoms with Crippen LogP contribution in [-0.2, 0) is 0 Å². The molecule has 6 rings (SSSR count). The number of anilines is 1. The Morgan fingerprint density at radius 1 is 1.09 bits per heavy atom. The molecule has 2 fully saturated rings. The number of fused-ring (bicyclic) bond motifs is 2. The molecule has 0 bridgehead atoms. The first-order valence-electron chi connectivity index (χ1n) is 10.6. The molecule has 0 unspecified atom stereocenters. The predicted octanol–water partition coefficient (Wildman–Crippen LogP) is 3.79. The fourth-order valence-electron chi connectivity index (χ4n) is 4.46. The van der Waals surface area contributed by atoms with Crippen LogP contribution in [0, 0.1) is 0 Å². The van der Waals surface area contributed by atoms with Gasteiger partial charge >= 0.3 is 6.18 Å². The molecule has 10 heteroatoms. The van der Waals surface area contributed by atoms with Crippen molar-refractivity contribution in [1.29, 1.82) is 0 Å². The number of aromatic amines is 1. The molecule has 0 radical (unpaired) electrons. The summed E-state index contributed by atoms with van der Waals surface area (Å²) in [7, 11) is 0. The van der Waals surface area contributed by atoms with E-state index in [4.69, 9.17) is 9.97 Å². The fraction of sp³-hybridized carbons (Fsp3) is 0.364. The van der Waals surface area contributed by atoms with Crippen molar-refractivity contribution in [2.45, 2.75) is 31.0 Å². The fourth-order valence-corrected chi connectivity index (χ4v) is 4.46. The van der Waals surface area contributed by atoms with Crippen molar-refractivity contribution in [3.05, 3.63) is 42.5 Å². The first-order valence-corrected chi connectivity index (χ1v) is 10.6. The SMILES string of the molecule is FC(F)(F)[C@@H]1CN(c2nc(-c3ccnc4[nH]ccc34)nc3cncc(C4CC4)c23)CCN1. The molecule has 1 atom stereocenters. The minimum absolute atomic E-state index is 0.197. The molecule has 1 aliphatic carbocycles. The smallest absolute Gasteiger partial charge is 0.353 e. The van der Waals surface area contributed by atoms with Crippen LogP contribution in [-0.4, -0.2) is 56.8 Å². The van der Waals surface area contributed by atoms with E-state index < -0.39 is 12.2 Å². The maximum Gasteiger partial charge on any atom is 0.405 e. The third kappa shape index (κ3) is 3.26. The number of halogens is 3. The maximum absolute atomic E-state index is 13.5. The van der Waals surface area contributed by atoms with Crippen LogP contribution in [0.3, 0.4) is 0 Å². The molecule has 4 aromatic heterocycles. The van der Waals surface area contributed by atoms with Crippen LogP contribution in [0.2, 0.25) is 0 Å². The van der Waals surface area contributed by atoms with Crippen LogP contribution < -0.4 is 10.2 Å². The zero-order valence-electron chi connectivity index (χ0n) is 17.0. The Balaban J connectivity index is 1.56. The molecule has 0 amide bonds. The number of rotatable bonds is 3. The number of nitrogens with zero attached hydrogens (tertiary/aromatic N) is 5. The highest BCUT2D eigenvalue weighted by molar-refractivity contribution is 5.97. The molecule has 0 spiro atoms. The van der Waals surface area contributed by atoms with Gasteiger partial charge in [-0.1, -0.05) is 0 Å². The molecule has 1 aliphatic heterocycles. The molecule has 7 nitrogen and oxygen atoms in total. The highest BCUT2D eigenvalue weighted by Crippen LogP contribution is 2.45. The van der Waals surface area contributed by atoms with Gasteiger partial charge in [-0.3, -0.25) is 4.98 Å². The minimum atomic E-state index is -4.33. The Morgan fingerprint density at radius 2 is 1.97 bits per heavy atom. The summed E-state index contributed by atoms with van der Waals surface area (Å²) in [5.41, 5.74) is 3.15. The Kier molecular flexibility index (Phi) is 4.32. The van der Waals surface area contributed by atoms with Crippen molar-refractivity contribution in [3.63, 3.8) is 0 Å². The first kappa shape index (κ1) is 19.4. The largest absolute Gasteiger partial charge is 0.405 e. The molecule has 164 valence electrons. The average Bonchev–Trinajstić information content (AvgIpc) is 3.53. The molecule has 32 heavy (non-hydrogen) atoms. The third-order valence-electron chi connectivity index (χ3n) is 6.21. The van der Waals surface area contributed by atoms with Crippen molar-refractivity contribution in [3.8, 4) is 11.4 Å². The summed E-state index contributed by atoms with van der Waals surface area (Å²) in [6, 6.07) is 2.12. The van der Waals surface area contributed by atoms with Crippen LogP contribution >= 0.6 is 0 Å². The van der Waals surface area contributed by atoms with E-state index in [1.54, 1.807) is 23.5 Å². The number of alkyl halides is 3. The van der Waals surface area contributed by atoms with E-state index >= 15 is 0 Å². The predicted molar refractivity (Wildman–Crippen MR) is 114 cm³/mol. The van der Waals surface area contributed by atoms with E-state index in [1.165, 1.54) is 0 Å². The average molecular weight is 439 g/mol. The quantitative estimate of drug-likeness (QED) is 0.506. The van der Waals surface area contributed by atoms with Gasteiger partial charge in [-0.25, -0.2) is 15.0 Å². The van der Waals surface area contributed by atoms with Gasteiger partial charge in [0.05, 0.1) is 11.7 Å². The summed E-state index contributed by atoms with van der Waals surface area (Å²) in [4.78, 5) is 23.2. The van der Waals surface area contributed by atoms with Crippen LogP contribution in [0.1, 0.15) is 24.3 Å². The normalized spacial score (nSPS) is 19.7. The summed E-state index contributed by atoms with van der Waals surface area (Å²) < 4.78 is 40.5. The van der Waals surface area contributed by atoms with Crippen molar-refractivity contribution < 1.29 is 13.2 Å². The second kappa shape index (κ2) is 7.13. The van der Waals surface area contributed by atoms with E-state index in [0.717, 1.165) is 34.7 Å². The summed E-state index contributed by atoms with van der Waals surface area (Å²) in [5, 5.41) is 4.26. The molecule has 4 aromatic rings. The van der Waals surface area contributed by atoms with Crippen LogP contribution in [0.25, 0.3) is 33.3 Å². The summed E-state index contributed by atoms with van der Waals surface area (Å²) in [6.07, 6.45) is 4.71. The molecular weight excluding hydrogens is 419 g/mol. The van der Waals surface area contributed by atoms with E-state index in [0.29, 0.717) is 35.3 Å². The summed E-state index contributed by atoms with van der Waals surface area (Å²) >= 11 is 0. The van der Waals surface area contributed by atoms with Gasteiger partial charge in [-0.15, -0.1) is 0 Å². The molecular formula is C22H20F3N7. The molecule has 2 N–H and O–H groups in total. The maximum atomic E-state index is 13.5. The lowest BCUT2D eigenvalue weighted by atomic mass is 10.1. The minimum Gasteiger partial charge on any atom is -0.353 e. The lowest BCUT2D eigenvalue weighted by Crippen LogP contribution is -2.57. The second-order valence-corrected chi connectivity index (χ2v) is 8.36. The zero-order chi connectivity index (χ0) is 21.9. The van der Waals surface area contributed by atoms with Gasteiger partial charge in [0.15, 0.2) is 5.82 Å². The topological polar surface area (TPSA) is 82.6 Å². The van der Waals surface area contributed by atoms with Crippen molar-refractivity contribution in [1.82, 2.24) is 30.2 Å². The zero-order valence-corrected chi connectivity index (χ0v) is 17.0. The number of hydrogen-bond acceptors (Lipinski definition) is 6. The number of aromatic nitrogens is 5. The van der Waals surface area contributed by atoms with Crippen LogP contribution in [0.15, 0.2) is 36.9 Å². The first-order chi connectivity index (χ1) is 15.5. The Labute approximate surface area is 181 Å². The number of pyridine rings is 2. The third-order valence-corrected chi connectivity index (χ3v) is 6.21. The molecule has 1 saturated heterocycles. The summed E-state index contributed by atoms with van der Waals surface area (Å²) in [5.74, 6) is 1.36. The van der Waals surface area contributed by atoms with E-state index in [-0.39, 0.29) is 13.1 Å². The van der Waals surface area contributed by atoms with Gasteiger partial charge in [-0.05, 0) is 36.5 Å². The Morgan fingerprint density at radius 3 is 2.78 bits per heavy atom. The van der Waals surface area contributed by atoms with E-state index in [1.807, 2.05) is 18.3 Å².